The molecule has 2 heterocycles. The summed E-state index contributed by atoms with van der Waals surface area (Å²) in [4.78, 5) is 32.8. The summed E-state index contributed by atoms with van der Waals surface area (Å²) in [6.07, 6.45) is 5.36. The van der Waals surface area contributed by atoms with E-state index in [-0.39, 0.29) is 12.2 Å². The van der Waals surface area contributed by atoms with Gasteiger partial charge >= 0.3 is 5.97 Å². The number of esters is 1. The smallest absolute Gasteiger partial charge is 0.338 e. The van der Waals surface area contributed by atoms with Crippen LogP contribution in [-0.2, 0) is 9.53 Å². The number of carbonyl (C=O) groups excluding carboxylic acids is 1. The molecular formula is C25H21BrN2O3S2. The molecule has 1 aromatic heterocycles. The Morgan fingerprint density at radius 1 is 1.30 bits per heavy atom. The number of aromatic nitrogens is 1. The van der Waals surface area contributed by atoms with Crippen molar-refractivity contribution in [3.05, 3.63) is 108 Å². The molecule has 1 atom stereocenters. The Hall–Kier alpha value is -2.68. The number of nitrogens with zero attached hydrogens (tertiary/aromatic N) is 2. The maximum atomic E-state index is 13.6. The number of fused-ring (bicyclic) bond motifs is 1. The van der Waals surface area contributed by atoms with Crippen molar-refractivity contribution in [3.63, 3.8) is 0 Å². The number of hydrogen-bond acceptors (Lipinski definition) is 6. The van der Waals surface area contributed by atoms with Crippen molar-refractivity contribution >= 4 is 51.1 Å². The maximum Gasteiger partial charge on any atom is 0.338 e. The second-order valence-corrected chi connectivity index (χ2v) is 10.1. The van der Waals surface area contributed by atoms with E-state index in [2.05, 4.69) is 27.5 Å². The van der Waals surface area contributed by atoms with Crippen LogP contribution in [0.1, 0.15) is 24.1 Å². The van der Waals surface area contributed by atoms with Crippen molar-refractivity contribution in [3.8, 4) is 0 Å². The zero-order chi connectivity index (χ0) is 23.5. The summed E-state index contributed by atoms with van der Waals surface area (Å²) in [5, 5.41) is 0. The number of hydrogen-bond donors (Lipinski definition) is 0. The largest absolute Gasteiger partial charge is 0.458 e. The zero-order valence-electron chi connectivity index (χ0n) is 18.1. The predicted molar refractivity (Wildman–Crippen MR) is 137 cm³/mol. The molecule has 0 N–H and O–H groups in total. The standard InChI is InChI=1S/C25H21BrN2O3S2/c1-4-12-31-24(30)21-15(2)27-25-28(22(21)17-8-10-19(32-3)11-9-17)23(29)20(33-25)14-16-6-5-7-18(26)13-16/h4-11,13-14,22H,1,12H2,2-3H3. The molecule has 0 fully saturated rings. The van der Waals surface area contributed by atoms with Crippen LogP contribution in [0.15, 0.2) is 91.6 Å². The maximum absolute atomic E-state index is 13.6. The van der Waals surface area contributed by atoms with E-state index >= 15 is 0 Å². The van der Waals surface area contributed by atoms with E-state index in [9.17, 15) is 9.59 Å². The van der Waals surface area contributed by atoms with Crippen LogP contribution in [0.4, 0.5) is 0 Å². The van der Waals surface area contributed by atoms with Crippen molar-refractivity contribution < 1.29 is 9.53 Å². The van der Waals surface area contributed by atoms with E-state index in [0.717, 1.165) is 20.5 Å². The highest BCUT2D eigenvalue weighted by molar-refractivity contribution is 9.10. The minimum atomic E-state index is -0.626. The molecular weight excluding hydrogens is 520 g/mol. The van der Waals surface area contributed by atoms with Crippen LogP contribution in [-0.4, -0.2) is 23.4 Å². The Kier molecular flexibility index (Phi) is 7.17. The second kappa shape index (κ2) is 10.1. The molecule has 33 heavy (non-hydrogen) atoms. The average Bonchev–Trinajstić information content (AvgIpc) is 3.11. The molecule has 168 valence electrons. The molecule has 8 heteroatoms. The topological polar surface area (TPSA) is 60.7 Å². The van der Waals surface area contributed by atoms with Crippen LogP contribution in [0, 0.1) is 0 Å². The van der Waals surface area contributed by atoms with Gasteiger partial charge in [0.05, 0.1) is 21.8 Å². The van der Waals surface area contributed by atoms with Gasteiger partial charge in [-0.15, -0.1) is 11.8 Å². The number of ether oxygens (including phenoxy) is 1. The molecule has 0 saturated heterocycles. The SMILES string of the molecule is C=CCOC(=O)C1=C(C)N=c2sc(=Cc3cccc(Br)c3)c(=O)n2C1c1ccc(SC)cc1. The lowest BCUT2D eigenvalue weighted by Gasteiger charge is -2.24. The number of carbonyl (C=O) groups is 1. The van der Waals surface area contributed by atoms with Gasteiger partial charge in [0.25, 0.3) is 5.56 Å². The van der Waals surface area contributed by atoms with Crippen molar-refractivity contribution in [2.24, 2.45) is 4.99 Å². The van der Waals surface area contributed by atoms with E-state index in [1.165, 1.54) is 17.4 Å². The first kappa shape index (κ1) is 23.5. The van der Waals surface area contributed by atoms with Gasteiger partial charge in [0.15, 0.2) is 4.80 Å². The van der Waals surface area contributed by atoms with E-state index in [1.807, 2.05) is 60.9 Å². The van der Waals surface area contributed by atoms with Crippen LogP contribution >= 0.6 is 39.0 Å². The summed E-state index contributed by atoms with van der Waals surface area (Å²) in [7, 11) is 0. The third kappa shape index (κ3) is 4.83. The van der Waals surface area contributed by atoms with E-state index < -0.39 is 12.0 Å². The van der Waals surface area contributed by atoms with Crippen molar-refractivity contribution in [2.45, 2.75) is 17.9 Å². The molecule has 0 saturated carbocycles. The first-order chi connectivity index (χ1) is 15.9. The lowest BCUT2D eigenvalue weighted by Crippen LogP contribution is -2.39. The van der Waals surface area contributed by atoms with Crippen LogP contribution in [0.3, 0.4) is 0 Å². The number of rotatable bonds is 6. The lowest BCUT2D eigenvalue weighted by molar-refractivity contribution is -0.138. The molecule has 2 aromatic carbocycles. The van der Waals surface area contributed by atoms with Gasteiger partial charge in [0.2, 0.25) is 0 Å². The van der Waals surface area contributed by atoms with E-state index in [1.54, 1.807) is 23.3 Å². The fraction of sp³-hybridized carbons (Fsp3) is 0.160. The van der Waals surface area contributed by atoms with Crippen LogP contribution in [0.2, 0.25) is 0 Å². The summed E-state index contributed by atoms with van der Waals surface area (Å²) in [5.74, 6) is -0.503. The van der Waals surface area contributed by atoms with Gasteiger partial charge in [0.1, 0.15) is 6.61 Å². The number of halogens is 1. The first-order valence-electron chi connectivity index (χ1n) is 10.1. The summed E-state index contributed by atoms with van der Waals surface area (Å²) < 4.78 is 8.44. The molecule has 0 aliphatic carbocycles. The van der Waals surface area contributed by atoms with Gasteiger partial charge in [0, 0.05) is 9.37 Å². The Morgan fingerprint density at radius 3 is 2.73 bits per heavy atom. The minimum absolute atomic E-state index is 0.0844. The van der Waals surface area contributed by atoms with Gasteiger partial charge in [-0.05, 0) is 54.6 Å². The Bertz CT molecular complexity index is 1440. The highest BCUT2D eigenvalue weighted by atomic mass is 79.9. The minimum Gasteiger partial charge on any atom is -0.458 e. The number of allylic oxidation sites excluding steroid dienone is 1. The average molecular weight is 541 g/mol. The highest BCUT2D eigenvalue weighted by Gasteiger charge is 2.33. The van der Waals surface area contributed by atoms with Gasteiger partial charge in [-0.2, -0.15) is 0 Å². The van der Waals surface area contributed by atoms with Crippen molar-refractivity contribution in [2.75, 3.05) is 12.9 Å². The Labute approximate surface area is 208 Å². The summed E-state index contributed by atoms with van der Waals surface area (Å²) >= 11 is 6.41. The zero-order valence-corrected chi connectivity index (χ0v) is 21.3. The van der Waals surface area contributed by atoms with Gasteiger partial charge in [-0.25, -0.2) is 9.79 Å². The summed E-state index contributed by atoms with van der Waals surface area (Å²) in [6, 6.07) is 15.0. The quantitative estimate of drug-likeness (QED) is 0.263. The molecule has 4 rings (SSSR count). The summed E-state index contributed by atoms with van der Waals surface area (Å²) in [5.41, 5.74) is 2.42. The molecule has 1 aliphatic rings. The summed E-state index contributed by atoms with van der Waals surface area (Å²) in [6.45, 7) is 5.47. The molecule has 0 spiro atoms. The molecule has 1 aliphatic heterocycles. The van der Waals surface area contributed by atoms with Gasteiger partial charge < -0.3 is 4.74 Å². The first-order valence-corrected chi connectivity index (χ1v) is 13.0. The molecule has 1 unspecified atom stereocenters. The number of benzene rings is 2. The second-order valence-electron chi connectivity index (χ2n) is 7.30. The van der Waals surface area contributed by atoms with Gasteiger partial charge in [-0.3, -0.25) is 9.36 Å². The van der Waals surface area contributed by atoms with Crippen molar-refractivity contribution in [1.82, 2.24) is 4.57 Å². The highest BCUT2D eigenvalue weighted by Crippen LogP contribution is 2.31. The monoisotopic (exact) mass is 540 g/mol. The molecule has 0 radical (unpaired) electrons. The number of thioether (sulfide) groups is 1. The fourth-order valence-corrected chi connectivity index (χ4v) is 5.52. The molecule has 3 aromatic rings. The lowest BCUT2D eigenvalue weighted by atomic mass is 9.96. The van der Waals surface area contributed by atoms with Crippen molar-refractivity contribution in [1.29, 1.82) is 0 Å². The third-order valence-electron chi connectivity index (χ3n) is 5.15. The van der Waals surface area contributed by atoms with Gasteiger partial charge in [-0.1, -0.05) is 64.2 Å². The normalized spacial score (nSPS) is 15.7. The molecule has 0 bridgehead atoms. The van der Waals surface area contributed by atoms with E-state index in [4.69, 9.17) is 4.74 Å². The Morgan fingerprint density at radius 2 is 2.06 bits per heavy atom. The Balaban J connectivity index is 1.92. The number of thiazole rings is 1. The fourth-order valence-electron chi connectivity index (χ4n) is 3.64. The third-order valence-corrected chi connectivity index (χ3v) is 7.37. The van der Waals surface area contributed by atoms with Crippen LogP contribution in [0.25, 0.3) is 6.08 Å². The van der Waals surface area contributed by atoms with Crippen LogP contribution < -0.4 is 14.9 Å². The van der Waals surface area contributed by atoms with Crippen LogP contribution in [0.5, 0.6) is 0 Å². The molecule has 5 nitrogen and oxygen atoms in total. The predicted octanol–water partition coefficient (Wildman–Crippen LogP) is 4.45. The molecule has 0 amide bonds. The van der Waals surface area contributed by atoms with E-state index in [0.29, 0.717) is 20.6 Å².